The number of ether oxygens (including phenoxy) is 3. The third kappa shape index (κ3) is 13.6. The van der Waals surface area contributed by atoms with Gasteiger partial charge in [0, 0.05) is 22.1 Å². The molecule has 0 saturated heterocycles. The van der Waals surface area contributed by atoms with Crippen molar-refractivity contribution < 1.29 is 38.4 Å². The number of carbonyl (C=O) groups is 2. The molecule has 59 heavy (non-hydrogen) atoms. The second kappa shape index (κ2) is 23.5. The highest BCUT2D eigenvalue weighted by atomic mass is 19.1. The zero-order valence-electron chi connectivity index (χ0n) is 36.4. The highest BCUT2D eigenvalue weighted by molar-refractivity contribution is 5.87. The lowest BCUT2D eigenvalue weighted by molar-refractivity contribution is -0.139. The van der Waals surface area contributed by atoms with Crippen LogP contribution in [0.1, 0.15) is 133 Å². The van der Waals surface area contributed by atoms with Gasteiger partial charge >= 0.3 is 11.9 Å². The molecule has 3 aromatic carbocycles. The van der Waals surface area contributed by atoms with E-state index in [-0.39, 0.29) is 38.9 Å². The van der Waals surface area contributed by atoms with Crippen molar-refractivity contribution in [3.63, 3.8) is 0 Å². The minimum Gasteiger partial charge on any atom is -0.493 e. The fraction of sp³-hybridized carbons (Fsp3) is 0.529. The zero-order chi connectivity index (χ0) is 43.0. The van der Waals surface area contributed by atoms with Crippen LogP contribution in [0.3, 0.4) is 0 Å². The van der Waals surface area contributed by atoms with Crippen LogP contribution in [0, 0.1) is 17.2 Å². The summed E-state index contributed by atoms with van der Waals surface area (Å²) in [6.07, 6.45) is 11.6. The van der Waals surface area contributed by atoms with E-state index in [9.17, 15) is 19.8 Å². The van der Waals surface area contributed by atoms with E-state index in [0.29, 0.717) is 66.9 Å². The monoisotopic (exact) mass is 813 g/mol. The Morgan fingerprint density at radius 1 is 0.729 bits per heavy atom. The van der Waals surface area contributed by atoms with Crippen LogP contribution >= 0.6 is 0 Å². The van der Waals surface area contributed by atoms with Crippen molar-refractivity contribution in [2.75, 3.05) is 33.0 Å². The predicted molar refractivity (Wildman–Crippen MR) is 236 cm³/mol. The zero-order valence-corrected chi connectivity index (χ0v) is 36.4. The van der Waals surface area contributed by atoms with Gasteiger partial charge in [-0.15, -0.1) is 0 Å². The van der Waals surface area contributed by atoms with Gasteiger partial charge in [0.1, 0.15) is 11.6 Å². The van der Waals surface area contributed by atoms with Crippen LogP contribution in [-0.4, -0.2) is 55.2 Å². The van der Waals surface area contributed by atoms with E-state index < -0.39 is 17.4 Å². The van der Waals surface area contributed by atoms with E-state index in [2.05, 4.69) is 64.3 Å². The molecule has 0 spiro atoms. The van der Waals surface area contributed by atoms with Gasteiger partial charge in [-0.05, 0) is 141 Å². The Morgan fingerprint density at radius 3 is 1.83 bits per heavy atom. The Balaban J connectivity index is 1.72. The fourth-order valence-corrected chi connectivity index (χ4v) is 8.13. The molecule has 0 amide bonds. The van der Waals surface area contributed by atoms with E-state index >= 15 is 4.39 Å². The molecule has 2 N–H and O–H groups in total. The van der Waals surface area contributed by atoms with Crippen molar-refractivity contribution in [2.24, 2.45) is 11.3 Å². The number of aryl methyl sites for hydroxylation is 3. The maximum Gasteiger partial charge on any atom is 0.333 e. The maximum absolute atomic E-state index is 15.8. The van der Waals surface area contributed by atoms with Crippen molar-refractivity contribution in [3.8, 4) is 28.0 Å². The van der Waals surface area contributed by atoms with Crippen molar-refractivity contribution in [1.82, 2.24) is 0 Å². The molecule has 0 bridgehead atoms. The average molecular weight is 813 g/mol. The molecule has 1 aliphatic carbocycles. The lowest BCUT2D eigenvalue weighted by Gasteiger charge is -2.30. The van der Waals surface area contributed by atoms with Crippen molar-refractivity contribution in [1.29, 1.82) is 0 Å². The quantitative estimate of drug-likeness (QED) is 0.0527. The number of aliphatic hydroxyl groups excluding tert-OH is 2. The Labute approximate surface area is 353 Å². The number of unbranched alkanes of at least 4 members (excludes halogenated alkanes) is 2. The van der Waals surface area contributed by atoms with Crippen molar-refractivity contribution >= 4 is 11.9 Å². The lowest BCUT2D eigenvalue weighted by Crippen LogP contribution is -2.32. The number of carbonyl (C=O) groups excluding carboxylic acids is 2. The van der Waals surface area contributed by atoms with Crippen molar-refractivity contribution in [2.45, 2.75) is 130 Å². The van der Waals surface area contributed by atoms with Gasteiger partial charge in [0.25, 0.3) is 0 Å². The normalized spacial score (nSPS) is 15.5. The Morgan fingerprint density at radius 2 is 1.31 bits per heavy atom. The van der Waals surface area contributed by atoms with Crippen molar-refractivity contribution in [3.05, 3.63) is 101 Å². The molecule has 0 aromatic heterocycles. The smallest absolute Gasteiger partial charge is 0.333 e. The van der Waals surface area contributed by atoms with Crippen LogP contribution in [0.5, 0.6) is 5.75 Å². The molecule has 8 heteroatoms. The van der Waals surface area contributed by atoms with Gasteiger partial charge < -0.3 is 24.4 Å². The van der Waals surface area contributed by atoms with Crippen LogP contribution < -0.4 is 4.74 Å². The molecule has 0 atom stereocenters. The second-order valence-corrected chi connectivity index (χ2v) is 17.0. The van der Waals surface area contributed by atoms with Gasteiger partial charge in [0.15, 0.2) is 0 Å². The van der Waals surface area contributed by atoms with Gasteiger partial charge in [-0.1, -0.05) is 96.4 Å². The standard InChI is InChI=1S/C51H69FO7/c1-8-10-11-24-51(33-53,34-54)25-28-57-48-42(14-12-26-58-49(55)35(3)4)30-44(31-43(48)15-13-27-59-50(56)36(5)6)45-22-21-41(29-38(45)9-2)46-23-20-40(32-47(46)52)39-18-16-37(7)17-19-39/h20-23,29-32,37,39,53-54H,3,5,8-19,24-28,33-34H2,1-2,4,6-7H3. The summed E-state index contributed by atoms with van der Waals surface area (Å²) in [4.78, 5) is 24.4. The van der Waals surface area contributed by atoms with Gasteiger partial charge in [-0.25, -0.2) is 14.0 Å². The number of halogens is 1. The molecule has 322 valence electrons. The van der Waals surface area contributed by atoms with E-state index in [0.717, 1.165) is 83.4 Å². The van der Waals surface area contributed by atoms with Crippen LogP contribution in [0.2, 0.25) is 0 Å². The first-order chi connectivity index (χ1) is 28.3. The minimum absolute atomic E-state index is 0.138. The summed E-state index contributed by atoms with van der Waals surface area (Å²) in [5.74, 6) is 0.782. The third-order valence-corrected chi connectivity index (χ3v) is 12.0. The summed E-state index contributed by atoms with van der Waals surface area (Å²) in [5.41, 5.74) is 7.47. The van der Waals surface area contributed by atoms with Crippen LogP contribution in [-0.2, 0) is 38.3 Å². The SMILES string of the molecule is C=C(C)C(=O)OCCCc1cc(-c2ccc(-c3ccc(C4CCC(C)CC4)cc3F)cc2CC)cc(CCCOC(=O)C(=C)C)c1OCCC(CO)(CO)CCCCC. The highest BCUT2D eigenvalue weighted by Crippen LogP contribution is 2.40. The average Bonchev–Trinajstić information content (AvgIpc) is 3.23. The molecular formula is C51H69FO7. The summed E-state index contributed by atoms with van der Waals surface area (Å²) < 4.78 is 33.4. The molecule has 1 saturated carbocycles. The van der Waals surface area contributed by atoms with Gasteiger partial charge in [0.05, 0.1) is 33.0 Å². The summed E-state index contributed by atoms with van der Waals surface area (Å²) in [5, 5.41) is 20.8. The largest absolute Gasteiger partial charge is 0.493 e. The molecule has 0 heterocycles. The highest BCUT2D eigenvalue weighted by Gasteiger charge is 2.29. The lowest BCUT2D eigenvalue weighted by atomic mass is 9.79. The van der Waals surface area contributed by atoms with Gasteiger partial charge in [-0.3, -0.25) is 0 Å². The van der Waals surface area contributed by atoms with Crippen LogP contribution in [0.4, 0.5) is 4.39 Å². The first-order valence-corrected chi connectivity index (χ1v) is 21.9. The summed E-state index contributed by atoms with van der Waals surface area (Å²) in [6, 6.07) is 16.2. The number of hydrogen-bond donors (Lipinski definition) is 2. The molecule has 1 fully saturated rings. The van der Waals surface area contributed by atoms with E-state index in [4.69, 9.17) is 14.2 Å². The maximum atomic E-state index is 15.8. The molecule has 0 unspecified atom stereocenters. The Hall–Kier alpha value is -4.27. The Bertz CT molecular complexity index is 1810. The summed E-state index contributed by atoms with van der Waals surface area (Å²) in [6.45, 7) is 17.6. The van der Waals surface area contributed by atoms with Crippen LogP contribution in [0.25, 0.3) is 22.3 Å². The minimum atomic E-state index is -0.658. The molecular weight excluding hydrogens is 744 g/mol. The fourth-order valence-electron chi connectivity index (χ4n) is 8.13. The number of aliphatic hydroxyl groups is 2. The van der Waals surface area contributed by atoms with E-state index in [1.807, 2.05) is 12.1 Å². The van der Waals surface area contributed by atoms with E-state index in [1.54, 1.807) is 19.9 Å². The number of esters is 2. The second-order valence-electron chi connectivity index (χ2n) is 17.0. The number of benzene rings is 3. The first kappa shape index (κ1) is 47.4. The molecule has 1 aliphatic rings. The summed E-state index contributed by atoms with van der Waals surface area (Å²) >= 11 is 0. The van der Waals surface area contributed by atoms with Crippen LogP contribution in [0.15, 0.2) is 72.8 Å². The first-order valence-electron chi connectivity index (χ1n) is 21.9. The van der Waals surface area contributed by atoms with E-state index in [1.165, 1.54) is 12.8 Å². The molecule has 3 aromatic rings. The molecule has 0 aliphatic heterocycles. The summed E-state index contributed by atoms with van der Waals surface area (Å²) in [7, 11) is 0. The predicted octanol–water partition coefficient (Wildman–Crippen LogP) is 11.4. The Kier molecular flexibility index (Phi) is 18.9. The number of hydrogen-bond acceptors (Lipinski definition) is 7. The topological polar surface area (TPSA) is 102 Å². The number of rotatable bonds is 24. The molecule has 7 nitrogen and oxygen atoms in total. The molecule has 0 radical (unpaired) electrons. The third-order valence-electron chi connectivity index (χ3n) is 12.0. The molecule has 4 rings (SSSR count). The van der Waals surface area contributed by atoms with Gasteiger partial charge in [-0.2, -0.15) is 0 Å². The van der Waals surface area contributed by atoms with Gasteiger partial charge in [0.2, 0.25) is 0 Å².